The van der Waals surface area contributed by atoms with Gasteiger partial charge in [0.25, 0.3) is 0 Å². The molecule has 6 heteroatoms. The number of benzene rings is 2. The molecule has 0 amide bonds. The number of H-pyrrole nitrogens is 1. The van der Waals surface area contributed by atoms with Crippen LogP contribution in [-0.2, 0) is 0 Å². The Morgan fingerprint density at radius 1 is 1.19 bits per heavy atom. The molecular weight excluding hydrogens is 401 g/mol. The van der Waals surface area contributed by atoms with Gasteiger partial charge in [0.2, 0.25) is 0 Å². The summed E-state index contributed by atoms with van der Waals surface area (Å²) in [5, 5.41) is 7.25. The summed E-state index contributed by atoms with van der Waals surface area (Å²) in [6, 6.07) is 12.4. The average molecular weight is 432 g/mol. The molecule has 0 unspecified atom stereocenters. The predicted molar refractivity (Wildman–Crippen MR) is 129 cm³/mol. The first-order valence-electron chi connectivity index (χ1n) is 11.5. The number of nitrogens with zero attached hydrogens (tertiary/aromatic N) is 2. The molecule has 0 atom stereocenters. The second kappa shape index (κ2) is 8.79. The van der Waals surface area contributed by atoms with Crippen molar-refractivity contribution >= 4 is 22.5 Å². The number of likely N-dealkylation sites (tertiary alicyclic amines) is 1. The summed E-state index contributed by atoms with van der Waals surface area (Å²) >= 11 is 0. The van der Waals surface area contributed by atoms with Gasteiger partial charge in [-0.25, -0.2) is 9.37 Å². The van der Waals surface area contributed by atoms with E-state index in [9.17, 15) is 4.39 Å². The first-order chi connectivity index (χ1) is 15.6. The number of aromatic nitrogens is 2. The number of nitrogens with one attached hydrogen (secondary N) is 3. The molecule has 32 heavy (non-hydrogen) atoms. The smallest absolute Gasteiger partial charge is 0.138 e. The van der Waals surface area contributed by atoms with Gasteiger partial charge >= 0.3 is 0 Å². The van der Waals surface area contributed by atoms with E-state index in [4.69, 9.17) is 0 Å². The van der Waals surface area contributed by atoms with Gasteiger partial charge in [0.1, 0.15) is 11.6 Å². The third kappa shape index (κ3) is 4.02. The number of hydrogen-bond donors (Lipinski definition) is 3. The zero-order valence-corrected chi connectivity index (χ0v) is 18.7. The second-order valence-electron chi connectivity index (χ2n) is 8.72. The molecule has 1 aromatic heterocycles. The Labute approximate surface area is 188 Å². The van der Waals surface area contributed by atoms with Crippen LogP contribution in [0.15, 0.2) is 48.8 Å². The van der Waals surface area contributed by atoms with Gasteiger partial charge in [0, 0.05) is 60.6 Å². The van der Waals surface area contributed by atoms with Crippen molar-refractivity contribution in [2.75, 3.05) is 36.8 Å². The second-order valence-corrected chi connectivity index (χ2v) is 8.72. The molecule has 2 aliphatic rings. The third-order valence-corrected chi connectivity index (χ3v) is 6.70. The van der Waals surface area contributed by atoms with Crippen molar-refractivity contribution in [3.8, 4) is 0 Å². The highest BCUT2D eigenvalue weighted by Gasteiger charge is 2.24. The molecule has 0 aliphatic carbocycles. The van der Waals surface area contributed by atoms with Crippen LogP contribution in [0, 0.1) is 12.7 Å². The molecule has 2 aromatic carbocycles. The fourth-order valence-corrected chi connectivity index (χ4v) is 4.77. The maximum Gasteiger partial charge on any atom is 0.138 e. The Morgan fingerprint density at radius 3 is 2.75 bits per heavy atom. The van der Waals surface area contributed by atoms with Crippen LogP contribution < -0.4 is 10.6 Å². The predicted octanol–water partition coefficient (Wildman–Crippen LogP) is 5.14. The Kier molecular flexibility index (Phi) is 5.70. The van der Waals surface area contributed by atoms with Crippen LogP contribution in [0.3, 0.4) is 0 Å². The maximum absolute atomic E-state index is 14.5. The van der Waals surface area contributed by atoms with Crippen molar-refractivity contribution in [3.63, 3.8) is 0 Å². The molecule has 0 radical (unpaired) electrons. The molecule has 0 saturated carbocycles. The van der Waals surface area contributed by atoms with Crippen LogP contribution >= 0.6 is 0 Å². The summed E-state index contributed by atoms with van der Waals surface area (Å²) in [6.45, 7) is 8.11. The van der Waals surface area contributed by atoms with E-state index in [0.29, 0.717) is 18.2 Å². The summed E-state index contributed by atoms with van der Waals surface area (Å²) < 4.78 is 14.5. The molecule has 3 N–H and O–H groups in total. The van der Waals surface area contributed by atoms with Gasteiger partial charge in [-0.15, -0.1) is 0 Å². The lowest BCUT2D eigenvalue weighted by Crippen LogP contribution is -2.38. The highest BCUT2D eigenvalue weighted by molar-refractivity contribution is 6.03. The van der Waals surface area contributed by atoms with Crippen molar-refractivity contribution in [3.05, 3.63) is 77.1 Å². The number of hydrogen-bond acceptors (Lipinski definition) is 4. The quantitative estimate of drug-likeness (QED) is 0.524. The number of anilines is 2. The summed E-state index contributed by atoms with van der Waals surface area (Å²) in [7, 11) is 0. The van der Waals surface area contributed by atoms with E-state index in [0.717, 1.165) is 71.9 Å². The van der Waals surface area contributed by atoms with Crippen LogP contribution in [0.2, 0.25) is 0 Å². The summed E-state index contributed by atoms with van der Waals surface area (Å²) in [4.78, 5) is 10.2. The zero-order valence-electron chi connectivity index (χ0n) is 18.7. The lowest BCUT2D eigenvalue weighted by atomic mass is 9.94. The van der Waals surface area contributed by atoms with E-state index in [1.165, 1.54) is 0 Å². The van der Waals surface area contributed by atoms with Crippen LogP contribution in [0.1, 0.15) is 42.3 Å². The summed E-state index contributed by atoms with van der Waals surface area (Å²) in [6.07, 6.45) is 5.87. The van der Waals surface area contributed by atoms with Crippen molar-refractivity contribution in [1.82, 2.24) is 14.9 Å². The first kappa shape index (κ1) is 20.8. The van der Waals surface area contributed by atoms with Crippen molar-refractivity contribution in [2.45, 2.75) is 32.7 Å². The number of aryl methyl sites for hydroxylation is 1. The van der Waals surface area contributed by atoms with Crippen molar-refractivity contribution in [2.24, 2.45) is 0 Å². The lowest BCUT2D eigenvalue weighted by molar-refractivity contribution is 0.229. The standard InChI is InChI=1S/C26H30FN5/c1-3-32-12-8-19(9-13-32)31-20-6-7-24-21(15-20)22(16-30-24)25(26-28-10-11-29-26)18-5-4-17(2)23(27)14-18/h4-7,10-11,14-15,19,30-31H,3,8-9,12-13,16H2,1-2H3,(H,28,29)/b25-22+. The van der Waals surface area contributed by atoms with Gasteiger partial charge in [0.15, 0.2) is 0 Å². The molecule has 5 nitrogen and oxygen atoms in total. The minimum Gasteiger partial charge on any atom is -0.382 e. The minimum atomic E-state index is -0.202. The van der Waals surface area contributed by atoms with E-state index in [-0.39, 0.29) is 5.82 Å². The maximum atomic E-state index is 14.5. The number of rotatable bonds is 5. The zero-order chi connectivity index (χ0) is 22.1. The van der Waals surface area contributed by atoms with Gasteiger partial charge in [-0.05, 0) is 67.3 Å². The van der Waals surface area contributed by atoms with Crippen LogP contribution in [0.5, 0.6) is 0 Å². The molecule has 1 fully saturated rings. The van der Waals surface area contributed by atoms with Gasteiger partial charge < -0.3 is 20.5 Å². The number of imidazole rings is 1. The van der Waals surface area contributed by atoms with E-state index < -0.39 is 0 Å². The number of piperidine rings is 1. The van der Waals surface area contributed by atoms with E-state index in [1.54, 1.807) is 19.2 Å². The summed E-state index contributed by atoms with van der Waals surface area (Å²) in [5.74, 6) is 0.551. The van der Waals surface area contributed by atoms with Crippen LogP contribution in [0.25, 0.3) is 11.1 Å². The van der Waals surface area contributed by atoms with Gasteiger partial charge in [-0.3, -0.25) is 0 Å². The highest BCUT2D eigenvalue weighted by Crippen LogP contribution is 2.40. The Balaban J connectivity index is 1.51. The Morgan fingerprint density at radius 2 is 2.03 bits per heavy atom. The number of fused-ring (bicyclic) bond motifs is 1. The van der Waals surface area contributed by atoms with Gasteiger partial charge in [-0.2, -0.15) is 0 Å². The van der Waals surface area contributed by atoms with Gasteiger partial charge in [-0.1, -0.05) is 19.1 Å². The fraction of sp³-hybridized carbons (Fsp3) is 0.346. The van der Waals surface area contributed by atoms with E-state index >= 15 is 0 Å². The Bertz CT molecular complexity index is 1130. The van der Waals surface area contributed by atoms with Gasteiger partial charge in [0.05, 0.1) is 0 Å². The molecule has 166 valence electrons. The van der Waals surface area contributed by atoms with E-state index in [2.05, 4.69) is 50.6 Å². The van der Waals surface area contributed by atoms with Crippen molar-refractivity contribution < 1.29 is 4.39 Å². The SMILES string of the molecule is CCN1CCC(Nc2ccc3c(c2)/C(=C(\c2ccc(C)c(F)c2)c2ncc[nH]2)CN3)CC1. The lowest BCUT2D eigenvalue weighted by Gasteiger charge is -2.32. The fourth-order valence-electron chi connectivity index (χ4n) is 4.77. The third-order valence-electron chi connectivity index (χ3n) is 6.70. The highest BCUT2D eigenvalue weighted by atomic mass is 19.1. The monoisotopic (exact) mass is 431 g/mol. The largest absolute Gasteiger partial charge is 0.382 e. The molecule has 1 saturated heterocycles. The summed E-state index contributed by atoms with van der Waals surface area (Å²) in [5.41, 5.74) is 6.92. The molecule has 2 aliphatic heterocycles. The number of aromatic amines is 1. The molecule has 3 heterocycles. The van der Waals surface area contributed by atoms with Crippen molar-refractivity contribution in [1.29, 1.82) is 0 Å². The normalized spacial score (nSPS) is 18.3. The molecular formula is C26H30FN5. The molecule has 0 spiro atoms. The number of halogens is 1. The molecule has 3 aromatic rings. The Hall–Kier alpha value is -3.12. The van der Waals surface area contributed by atoms with Crippen LogP contribution in [-0.4, -0.2) is 47.1 Å². The molecule has 5 rings (SSSR count). The van der Waals surface area contributed by atoms with E-state index in [1.807, 2.05) is 18.3 Å². The van der Waals surface area contributed by atoms with Crippen LogP contribution in [0.4, 0.5) is 15.8 Å². The first-order valence-corrected chi connectivity index (χ1v) is 11.5. The minimum absolute atomic E-state index is 0.202. The topological polar surface area (TPSA) is 56.0 Å². The molecule has 0 bridgehead atoms. The average Bonchev–Trinajstić information content (AvgIpc) is 3.48.